The summed E-state index contributed by atoms with van der Waals surface area (Å²) in [6.07, 6.45) is 7.24. The fourth-order valence-electron chi connectivity index (χ4n) is 2.63. The van der Waals surface area contributed by atoms with E-state index >= 15 is 0 Å². The van der Waals surface area contributed by atoms with E-state index in [0.717, 1.165) is 25.7 Å². The lowest BCUT2D eigenvalue weighted by atomic mass is 9.76. The average molecular weight is 269 g/mol. The molecule has 2 saturated carbocycles. The van der Waals surface area contributed by atoms with Gasteiger partial charge in [0.15, 0.2) is 0 Å². The first-order valence-corrected chi connectivity index (χ1v) is 7.46. The van der Waals surface area contributed by atoms with Crippen LogP contribution in [0.3, 0.4) is 0 Å². The molecule has 2 aliphatic carbocycles. The molecular formula is C15H27NO3. The number of hydrogen-bond donors (Lipinski definition) is 1. The maximum atomic E-state index is 11.7. The molecule has 0 bridgehead atoms. The number of rotatable bonds is 6. The Bertz CT molecular complexity index is 303. The summed E-state index contributed by atoms with van der Waals surface area (Å²) in [6, 6.07) is 0.186. The van der Waals surface area contributed by atoms with Gasteiger partial charge in [0.05, 0.1) is 19.8 Å². The van der Waals surface area contributed by atoms with Crippen molar-refractivity contribution in [1.29, 1.82) is 0 Å². The van der Waals surface area contributed by atoms with E-state index in [1.165, 1.54) is 20.0 Å². The van der Waals surface area contributed by atoms with Crippen LogP contribution in [0.1, 0.15) is 52.4 Å². The van der Waals surface area contributed by atoms with Crippen molar-refractivity contribution in [3.63, 3.8) is 0 Å². The molecule has 4 heteroatoms. The number of methoxy groups -OCH3 is 1. The van der Waals surface area contributed by atoms with E-state index in [9.17, 15) is 4.79 Å². The van der Waals surface area contributed by atoms with Crippen LogP contribution in [0.15, 0.2) is 0 Å². The molecule has 0 aromatic carbocycles. The first kappa shape index (κ1) is 14.8. The number of hydrogen-bond acceptors (Lipinski definition) is 4. The van der Waals surface area contributed by atoms with Gasteiger partial charge in [-0.05, 0) is 43.9 Å². The summed E-state index contributed by atoms with van der Waals surface area (Å²) in [5.41, 5.74) is 0.452. The normalized spacial score (nSPS) is 25.0. The van der Waals surface area contributed by atoms with Crippen molar-refractivity contribution in [2.45, 2.75) is 70.6 Å². The second-order valence-corrected chi connectivity index (χ2v) is 6.71. The van der Waals surface area contributed by atoms with Gasteiger partial charge in [-0.15, -0.1) is 0 Å². The maximum absolute atomic E-state index is 11.7. The van der Waals surface area contributed by atoms with Crippen LogP contribution >= 0.6 is 0 Å². The zero-order valence-corrected chi connectivity index (χ0v) is 12.4. The molecule has 19 heavy (non-hydrogen) atoms. The Morgan fingerprint density at radius 2 is 1.89 bits per heavy atom. The van der Waals surface area contributed by atoms with Gasteiger partial charge in [0.25, 0.3) is 0 Å². The van der Waals surface area contributed by atoms with Crippen molar-refractivity contribution in [2.75, 3.05) is 13.7 Å². The van der Waals surface area contributed by atoms with E-state index in [2.05, 4.69) is 19.2 Å². The molecule has 0 radical (unpaired) electrons. The lowest BCUT2D eigenvalue weighted by Gasteiger charge is -2.34. The standard InChI is InChI=1S/C15H27NO3/c1-15(2)8-6-12(7-9-15)19-10-13(14(17)18-3)16-11-4-5-11/h11-13,16H,4-10H2,1-3H3. The molecule has 0 aromatic heterocycles. The van der Waals surface area contributed by atoms with Gasteiger partial charge in [-0.2, -0.15) is 0 Å². The molecule has 110 valence electrons. The molecule has 4 nitrogen and oxygen atoms in total. The molecule has 1 N–H and O–H groups in total. The van der Waals surface area contributed by atoms with Gasteiger partial charge >= 0.3 is 5.97 Å². The lowest BCUT2D eigenvalue weighted by Crippen LogP contribution is -2.43. The van der Waals surface area contributed by atoms with E-state index in [-0.39, 0.29) is 12.0 Å². The minimum absolute atomic E-state index is 0.206. The highest BCUT2D eigenvalue weighted by Crippen LogP contribution is 2.36. The van der Waals surface area contributed by atoms with Crippen molar-refractivity contribution >= 4 is 5.97 Å². The predicted octanol–water partition coefficient (Wildman–Crippen LogP) is 2.27. The molecule has 2 fully saturated rings. The van der Waals surface area contributed by atoms with Crippen molar-refractivity contribution in [2.24, 2.45) is 5.41 Å². The molecule has 0 aliphatic heterocycles. The van der Waals surface area contributed by atoms with E-state index in [1.807, 2.05) is 0 Å². The predicted molar refractivity (Wildman–Crippen MR) is 74.0 cm³/mol. The molecule has 0 heterocycles. The van der Waals surface area contributed by atoms with Crippen LogP contribution < -0.4 is 5.32 Å². The van der Waals surface area contributed by atoms with Gasteiger partial charge in [0, 0.05) is 6.04 Å². The molecule has 2 rings (SSSR count). The van der Waals surface area contributed by atoms with Crippen molar-refractivity contribution in [3.05, 3.63) is 0 Å². The molecule has 0 amide bonds. The van der Waals surface area contributed by atoms with Crippen molar-refractivity contribution in [1.82, 2.24) is 5.32 Å². The zero-order valence-electron chi connectivity index (χ0n) is 12.4. The third kappa shape index (κ3) is 4.77. The van der Waals surface area contributed by atoms with Crippen LogP contribution in [0, 0.1) is 5.41 Å². The van der Waals surface area contributed by atoms with Crippen LogP contribution in [0.2, 0.25) is 0 Å². The first-order chi connectivity index (χ1) is 9.00. The lowest BCUT2D eigenvalue weighted by molar-refractivity contribution is -0.146. The van der Waals surface area contributed by atoms with E-state index in [0.29, 0.717) is 24.2 Å². The summed E-state index contributed by atoms with van der Waals surface area (Å²) >= 11 is 0. The Hall–Kier alpha value is -0.610. The summed E-state index contributed by atoms with van der Waals surface area (Å²) in [7, 11) is 1.44. The Morgan fingerprint density at radius 1 is 1.26 bits per heavy atom. The topological polar surface area (TPSA) is 47.6 Å². The molecule has 1 atom stereocenters. The smallest absolute Gasteiger partial charge is 0.325 e. The monoisotopic (exact) mass is 269 g/mol. The highest BCUT2D eigenvalue weighted by atomic mass is 16.5. The molecule has 0 aromatic rings. The van der Waals surface area contributed by atoms with Crippen molar-refractivity contribution < 1.29 is 14.3 Å². The van der Waals surface area contributed by atoms with Crippen LogP contribution in [-0.2, 0) is 14.3 Å². The highest BCUT2D eigenvalue weighted by Gasteiger charge is 2.31. The van der Waals surface area contributed by atoms with Gasteiger partial charge in [-0.1, -0.05) is 13.8 Å². The third-order valence-electron chi connectivity index (χ3n) is 4.28. The number of ether oxygens (including phenoxy) is 2. The zero-order chi connectivity index (χ0) is 13.9. The molecule has 0 spiro atoms. The SMILES string of the molecule is COC(=O)C(COC1CCC(C)(C)CC1)NC1CC1. The fourth-order valence-corrected chi connectivity index (χ4v) is 2.63. The Balaban J connectivity index is 1.73. The number of nitrogens with one attached hydrogen (secondary N) is 1. The van der Waals surface area contributed by atoms with Crippen LogP contribution in [0.5, 0.6) is 0 Å². The number of carbonyl (C=O) groups excluding carboxylic acids is 1. The highest BCUT2D eigenvalue weighted by molar-refractivity contribution is 5.75. The number of esters is 1. The molecule has 1 unspecified atom stereocenters. The second kappa shape index (κ2) is 6.23. The summed E-state index contributed by atoms with van der Waals surface area (Å²) in [5.74, 6) is -0.206. The summed E-state index contributed by atoms with van der Waals surface area (Å²) in [5, 5.41) is 3.30. The average Bonchev–Trinajstić information content (AvgIpc) is 3.19. The van der Waals surface area contributed by atoms with E-state index < -0.39 is 0 Å². The Kier molecular flexibility index (Phi) is 4.85. The molecular weight excluding hydrogens is 242 g/mol. The fraction of sp³-hybridized carbons (Fsp3) is 0.933. The van der Waals surface area contributed by atoms with Crippen LogP contribution in [0.25, 0.3) is 0 Å². The number of carbonyl (C=O) groups is 1. The van der Waals surface area contributed by atoms with Crippen LogP contribution in [-0.4, -0.2) is 37.9 Å². The third-order valence-corrected chi connectivity index (χ3v) is 4.28. The molecule has 0 saturated heterocycles. The largest absolute Gasteiger partial charge is 0.468 e. The maximum Gasteiger partial charge on any atom is 0.325 e. The minimum Gasteiger partial charge on any atom is -0.468 e. The summed E-state index contributed by atoms with van der Waals surface area (Å²) in [4.78, 5) is 11.7. The van der Waals surface area contributed by atoms with Gasteiger partial charge < -0.3 is 9.47 Å². The summed E-state index contributed by atoms with van der Waals surface area (Å²) < 4.78 is 10.8. The summed E-state index contributed by atoms with van der Waals surface area (Å²) in [6.45, 7) is 5.07. The van der Waals surface area contributed by atoms with Gasteiger partial charge in [0.1, 0.15) is 6.04 Å². The Labute approximate surface area is 116 Å². The second-order valence-electron chi connectivity index (χ2n) is 6.71. The van der Waals surface area contributed by atoms with E-state index in [1.54, 1.807) is 0 Å². The van der Waals surface area contributed by atoms with Gasteiger partial charge in [-0.3, -0.25) is 10.1 Å². The first-order valence-electron chi connectivity index (χ1n) is 7.46. The van der Waals surface area contributed by atoms with Crippen LogP contribution in [0.4, 0.5) is 0 Å². The molecule has 2 aliphatic rings. The quantitative estimate of drug-likeness (QED) is 0.751. The van der Waals surface area contributed by atoms with Gasteiger partial charge in [0.2, 0.25) is 0 Å². The minimum atomic E-state index is -0.299. The Morgan fingerprint density at radius 3 is 2.42 bits per heavy atom. The van der Waals surface area contributed by atoms with Crippen molar-refractivity contribution in [3.8, 4) is 0 Å². The van der Waals surface area contributed by atoms with E-state index in [4.69, 9.17) is 9.47 Å². The van der Waals surface area contributed by atoms with Gasteiger partial charge in [-0.25, -0.2) is 0 Å².